The summed E-state index contributed by atoms with van der Waals surface area (Å²) in [6.07, 6.45) is 2.15. The Kier molecular flexibility index (Phi) is 5.90. The lowest BCUT2D eigenvalue weighted by atomic mass is 9.84. The number of ether oxygens (including phenoxy) is 2. The molecule has 0 N–H and O–H groups in total. The molecule has 2 aliphatic rings. The summed E-state index contributed by atoms with van der Waals surface area (Å²) >= 11 is 0. The smallest absolute Gasteiger partial charge is 0.331 e. The van der Waals surface area contributed by atoms with Crippen LogP contribution in [0.25, 0.3) is 0 Å². The zero-order valence-electron chi connectivity index (χ0n) is 16.1. The molecule has 29 heavy (non-hydrogen) atoms. The average molecular weight is 403 g/mol. The number of carbonyl (C=O) groups excluding carboxylic acids is 3. The van der Waals surface area contributed by atoms with Crippen LogP contribution < -0.4 is 4.74 Å². The number of nitro benzene ring substituents is 1. The van der Waals surface area contributed by atoms with Crippen LogP contribution in [0.15, 0.2) is 23.3 Å². The van der Waals surface area contributed by atoms with Gasteiger partial charge >= 0.3 is 5.97 Å². The van der Waals surface area contributed by atoms with E-state index < -0.39 is 28.4 Å². The highest BCUT2D eigenvalue weighted by Crippen LogP contribution is 2.32. The number of Topliss-reactive ketones (excluding diaryl/α,β-unsaturated/α-hetero) is 1. The molecule has 0 bridgehead atoms. The Morgan fingerprint density at radius 3 is 2.59 bits per heavy atom. The first-order chi connectivity index (χ1) is 13.9. The minimum atomic E-state index is -1.05. The lowest BCUT2D eigenvalue weighted by molar-refractivity contribution is -0.385. The quantitative estimate of drug-likeness (QED) is 0.295. The fourth-order valence-electron chi connectivity index (χ4n) is 3.25. The Morgan fingerprint density at radius 1 is 1.31 bits per heavy atom. The highest BCUT2D eigenvalue weighted by atomic mass is 16.6. The Morgan fingerprint density at radius 2 is 2.03 bits per heavy atom. The van der Waals surface area contributed by atoms with Crippen LogP contribution in [0.1, 0.15) is 43.0 Å². The maximum absolute atomic E-state index is 13.0. The van der Waals surface area contributed by atoms with E-state index in [0.717, 1.165) is 11.4 Å². The summed E-state index contributed by atoms with van der Waals surface area (Å²) in [7, 11) is 1.37. The Labute approximate surface area is 166 Å². The minimum absolute atomic E-state index is 0.105. The number of benzene rings is 1. The highest BCUT2D eigenvalue weighted by molar-refractivity contribution is 6.47. The molecule has 1 unspecified atom stereocenters. The summed E-state index contributed by atoms with van der Waals surface area (Å²) in [6.45, 7) is 1.75. The van der Waals surface area contributed by atoms with Crippen LogP contribution in [0.2, 0.25) is 0 Å². The third kappa shape index (κ3) is 3.96. The molecule has 0 spiro atoms. The molecule has 1 saturated carbocycles. The van der Waals surface area contributed by atoms with Gasteiger partial charge in [0, 0.05) is 18.4 Å². The lowest BCUT2D eigenvalue weighted by Gasteiger charge is -2.29. The summed E-state index contributed by atoms with van der Waals surface area (Å²) in [5.41, 5.74) is -0.726. The van der Waals surface area contributed by atoms with Gasteiger partial charge in [0.05, 0.1) is 18.6 Å². The van der Waals surface area contributed by atoms with E-state index in [1.165, 1.54) is 25.3 Å². The van der Waals surface area contributed by atoms with E-state index in [1.807, 2.05) is 0 Å². The van der Waals surface area contributed by atoms with Crippen molar-refractivity contribution in [3.63, 3.8) is 0 Å². The van der Waals surface area contributed by atoms with Crippen molar-refractivity contribution >= 4 is 29.1 Å². The number of methoxy groups -OCH3 is 1. The van der Waals surface area contributed by atoms with Crippen molar-refractivity contribution in [3.8, 4) is 5.75 Å². The van der Waals surface area contributed by atoms with Gasteiger partial charge in [0.2, 0.25) is 11.7 Å². The van der Waals surface area contributed by atoms with Crippen molar-refractivity contribution in [3.05, 3.63) is 33.9 Å². The van der Waals surface area contributed by atoms with Crippen molar-refractivity contribution in [2.24, 2.45) is 11.0 Å². The van der Waals surface area contributed by atoms with Gasteiger partial charge in [-0.15, -0.1) is 0 Å². The van der Waals surface area contributed by atoms with Gasteiger partial charge in [-0.25, -0.2) is 9.80 Å². The number of ketones is 1. The van der Waals surface area contributed by atoms with E-state index in [9.17, 15) is 24.5 Å². The van der Waals surface area contributed by atoms with Gasteiger partial charge in [-0.3, -0.25) is 19.7 Å². The molecular weight excluding hydrogens is 382 g/mol. The average Bonchev–Trinajstić information content (AvgIpc) is 3.11. The maximum atomic E-state index is 13.0. The van der Waals surface area contributed by atoms with Gasteiger partial charge in [0.25, 0.3) is 5.69 Å². The number of hydrazone groups is 1. The fraction of sp³-hybridized carbons (Fsp3) is 0.474. The van der Waals surface area contributed by atoms with Crippen molar-refractivity contribution < 1.29 is 28.8 Å². The van der Waals surface area contributed by atoms with E-state index in [1.54, 1.807) is 6.92 Å². The van der Waals surface area contributed by atoms with Gasteiger partial charge in [-0.2, -0.15) is 5.10 Å². The van der Waals surface area contributed by atoms with E-state index in [2.05, 4.69) is 5.10 Å². The first-order valence-electron chi connectivity index (χ1n) is 9.31. The van der Waals surface area contributed by atoms with Crippen LogP contribution in [-0.2, 0) is 14.3 Å². The number of hydrogen-bond donors (Lipinski definition) is 0. The third-order valence-corrected chi connectivity index (χ3v) is 5.06. The Balaban J connectivity index is 1.95. The van der Waals surface area contributed by atoms with Crippen LogP contribution >= 0.6 is 0 Å². The third-order valence-electron chi connectivity index (χ3n) is 5.06. The van der Waals surface area contributed by atoms with Crippen LogP contribution in [0.4, 0.5) is 5.69 Å². The number of amides is 1. The first kappa shape index (κ1) is 20.4. The van der Waals surface area contributed by atoms with Crippen LogP contribution in [0.5, 0.6) is 5.75 Å². The molecule has 0 saturated heterocycles. The number of rotatable bonds is 7. The molecular formula is C19H21N3O7. The van der Waals surface area contributed by atoms with Gasteiger partial charge in [-0.05, 0) is 31.9 Å². The normalized spacial score (nSPS) is 18.6. The highest BCUT2D eigenvalue weighted by Gasteiger charge is 2.43. The SMILES string of the molecule is CCOC(=O)C1CC(C(=O)c2cc(OC)ccc2[N+](=O)[O-])=NN1C(=O)C1CCC1. The largest absolute Gasteiger partial charge is 0.497 e. The Hall–Kier alpha value is -3.30. The van der Waals surface area contributed by atoms with Gasteiger partial charge < -0.3 is 9.47 Å². The number of hydrogen-bond acceptors (Lipinski definition) is 8. The Bertz CT molecular complexity index is 892. The molecule has 154 valence electrons. The summed E-state index contributed by atoms with van der Waals surface area (Å²) in [6, 6.07) is 2.74. The number of esters is 1. The summed E-state index contributed by atoms with van der Waals surface area (Å²) in [5, 5.41) is 16.5. The van der Waals surface area contributed by atoms with Gasteiger partial charge in [-0.1, -0.05) is 6.42 Å². The molecule has 10 heteroatoms. The second-order valence-electron chi connectivity index (χ2n) is 6.80. The molecule has 1 atom stereocenters. The number of nitro groups is 1. The summed E-state index contributed by atoms with van der Waals surface area (Å²) < 4.78 is 10.1. The van der Waals surface area contributed by atoms with Crippen LogP contribution in [-0.4, -0.2) is 53.1 Å². The second-order valence-corrected chi connectivity index (χ2v) is 6.80. The molecule has 1 aromatic rings. The van der Waals surface area contributed by atoms with E-state index in [0.29, 0.717) is 12.8 Å². The molecule has 1 aromatic carbocycles. The monoisotopic (exact) mass is 403 g/mol. The van der Waals surface area contributed by atoms with E-state index in [4.69, 9.17) is 9.47 Å². The molecule has 0 radical (unpaired) electrons. The predicted molar refractivity (Wildman–Crippen MR) is 101 cm³/mol. The molecule has 1 fully saturated rings. The summed E-state index contributed by atoms with van der Waals surface area (Å²) in [5.74, 6) is -1.70. The standard InChI is InChI=1S/C19H21N3O7/c1-3-29-19(25)16-10-14(20-21(16)18(24)11-5-4-6-11)17(23)13-9-12(28-2)7-8-15(13)22(26)27/h7-9,11,16H,3-6,10H2,1-2H3. The molecule has 1 heterocycles. The molecule has 1 aliphatic carbocycles. The van der Waals surface area contributed by atoms with Crippen molar-refractivity contribution in [2.75, 3.05) is 13.7 Å². The van der Waals surface area contributed by atoms with Crippen molar-refractivity contribution in [2.45, 2.75) is 38.6 Å². The molecule has 1 amide bonds. The molecule has 10 nitrogen and oxygen atoms in total. The zero-order valence-corrected chi connectivity index (χ0v) is 16.1. The maximum Gasteiger partial charge on any atom is 0.331 e. The molecule has 3 rings (SSSR count). The minimum Gasteiger partial charge on any atom is -0.497 e. The molecule has 1 aliphatic heterocycles. The van der Waals surface area contributed by atoms with Crippen molar-refractivity contribution in [1.82, 2.24) is 5.01 Å². The first-order valence-corrected chi connectivity index (χ1v) is 9.31. The van der Waals surface area contributed by atoms with E-state index >= 15 is 0 Å². The van der Waals surface area contributed by atoms with Crippen LogP contribution in [0.3, 0.4) is 0 Å². The predicted octanol–water partition coefficient (Wildman–Crippen LogP) is 2.11. The lowest BCUT2D eigenvalue weighted by Crippen LogP contribution is -2.44. The number of carbonyl (C=O) groups is 3. The topological polar surface area (TPSA) is 128 Å². The fourth-order valence-corrected chi connectivity index (χ4v) is 3.25. The van der Waals surface area contributed by atoms with Gasteiger partial charge in [0.15, 0.2) is 6.04 Å². The van der Waals surface area contributed by atoms with Crippen molar-refractivity contribution in [1.29, 1.82) is 0 Å². The van der Waals surface area contributed by atoms with Crippen LogP contribution in [0, 0.1) is 16.0 Å². The summed E-state index contributed by atoms with van der Waals surface area (Å²) in [4.78, 5) is 48.7. The number of nitrogens with zero attached hydrogens (tertiary/aromatic N) is 3. The second kappa shape index (κ2) is 8.38. The molecule has 0 aromatic heterocycles. The zero-order chi connectivity index (χ0) is 21.1. The van der Waals surface area contributed by atoms with Gasteiger partial charge in [0.1, 0.15) is 17.0 Å². The van der Waals surface area contributed by atoms with E-state index in [-0.39, 0.29) is 41.9 Å².